The molecule has 0 radical (unpaired) electrons. The summed E-state index contributed by atoms with van der Waals surface area (Å²) in [5.41, 5.74) is 2.13. The summed E-state index contributed by atoms with van der Waals surface area (Å²) in [5, 5.41) is 0. The fourth-order valence-electron chi connectivity index (χ4n) is 2.17. The van der Waals surface area contributed by atoms with E-state index in [0.29, 0.717) is 12.5 Å². The van der Waals surface area contributed by atoms with Crippen LogP contribution < -0.4 is 4.74 Å². The molecule has 0 saturated carbocycles. The standard InChI is InChI=1S/C15H21NO2/c1-5-10(2)13-9-18-15(16-13)12-7-6-8-14(17-4)11(12)3/h6-8,10,13H,5,9H2,1-4H3/t10-,13-/m0/s1. The SMILES string of the molecule is CC[C@H](C)[C@@H]1COC(c2cccc(OC)c2C)=N1. The van der Waals surface area contributed by atoms with Crippen molar-refractivity contribution in [2.75, 3.05) is 13.7 Å². The first-order valence-electron chi connectivity index (χ1n) is 6.52. The first-order chi connectivity index (χ1) is 8.67. The molecule has 2 atom stereocenters. The Kier molecular flexibility index (Phi) is 3.90. The van der Waals surface area contributed by atoms with Crippen molar-refractivity contribution in [3.8, 4) is 5.75 Å². The van der Waals surface area contributed by atoms with E-state index in [-0.39, 0.29) is 6.04 Å². The highest BCUT2D eigenvalue weighted by Gasteiger charge is 2.25. The number of hydrogen-bond acceptors (Lipinski definition) is 3. The maximum Gasteiger partial charge on any atom is 0.216 e. The fourth-order valence-corrected chi connectivity index (χ4v) is 2.17. The third kappa shape index (κ3) is 2.35. The molecule has 1 aliphatic rings. The van der Waals surface area contributed by atoms with Crippen LogP contribution in [0.5, 0.6) is 5.75 Å². The molecule has 2 rings (SSSR count). The van der Waals surface area contributed by atoms with Crippen LogP contribution in [0.3, 0.4) is 0 Å². The highest BCUT2D eigenvalue weighted by atomic mass is 16.5. The van der Waals surface area contributed by atoms with Gasteiger partial charge in [-0.1, -0.05) is 26.3 Å². The largest absolute Gasteiger partial charge is 0.496 e. The molecule has 3 nitrogen and oxygen atoms in total. The molecule has 1 aliphatic heterocycles. The normalized spacial score (nSPS) is 20.2. The van der Waals surface area contributed by atoms with Crippen molar-refractivity contribution in [3.63, 3.8) is 0 Å². The molecule has 0 aromatic heterocycles. The van der Waals surface area contributed by atoms with Crippen LogP contribution in [0.4, 0.5) is 0 Å². The van der Waals surface area contributed by atoms with Gasteiger partial charge in [-0.25, -0.2) is 4.99 Å². The van der Waals surface area contributed by atoms with Crippen LogP contribution in [0.15, 0.2) is 23.2 Å². The average molecular weight is 247 g/mol. The molecule has 1 aromatic rings. The van der Waals surface area contributed by atoms with E-state index in [1.165, 1.54) is 0 Å². The lowest BCUT2D eigenvalue weighted by Gasteiger charge is -2.11. The molecule has 0 spiro atoms. The zero-order valence-electron chi connectivity index (χ0n) is 11.6. The van der Waals surface area contributed by atoms with E-state index in [9.17, 15) is 0 Å². The van der Waals surface area contributed by atoms with Crippen LogP contribution in [0.25, 0.3) is 0 Å². The lowest BCUT2D eigenvalue weighted by molar-refractivity contribution is 0.282. The van der Waals surface area contributed by atoms with Gasteiger partial charge in [-0.3, -0.25) is 0 Å². The third-order valence-corrected chi connectivity index (χ3v) is 3.71. The predicted molar refractivity (Wildman–Crippen MR) is 73.5 cm³/mol. The van der Waals surface area contributed by atoms with E-state index in [4.69, 9.17) is 14.5 Å². The van der Waals surface area contributed by atoms with Gasteiger partial charge in [0.15, 0.2) is 0 Å². The highest BCUT2D eigenvalue weighted by Crippen LogP contribution is 2.25. The second-order valence-electron chi connectivity index (χ2n) is 4.83. The summed E-state index contributed by atoms with van der Waals surface area (Å²) in [6.07, 6.45) is 1.13. The second-order valence-corrected chi connectivity index (χ2v) is 4.83. The third-order valence-electron chi connectivity index (χ3n) is 3.71. The number of benzene rings is 1. The summed E-state index contributed by atoms with van der Waals surface area (Å²) < 4.78 is 11.1. The molecular formula is C15H21NO2. The van der Waals surface area contributed by atoms with E-state index in [0.717, 1.165) is 29.2 Å². The molecule has 0 N–H and O–H groups in total. The maximum atomic E-state index is 5.75. The fraction of sp³-hybridized carbons (Fsp3) is 0.533. The smallest absolute Gasteiger partial charge is 0.216 e. The van der Waals surface area contributed by atoms with Crippen LogP contribution in [-0.4, -0.2) is 25.7 Å². The number of rotatable bonds is 4. The van der Waals surface area contributed by atoms with Gasteiger partial charge in [0, 0.05) is 11.1 Å². The first kappa shape index (κ1) is 12.9. The Morgan fingerprint density at radius 3 is 2.94 bits per heavy atom. The Morgan fingerprint density at radius 2 is 2.28 bits per heavy atom. The number of hydrogen-bond donors (Lipinski definition) is 0. The monoisotopic (exact) mass is 247 g/mol. The molecule has 0 fully saturated rings. The first-order valence-corrected chi connectivity index (χ1v) is 6.52. The van der Waals surface area contributed by atoms with E-state index in [1.807, 2.05) is 25.1 Å². The zero-order valence-corrected chi connectivity index (χ0v) is 11.6. The van der Waals surface area contributed by atoms with Gasteiger partial charge in [-0.05, 0) is 25.0 Å². The van der Waals surface area contributed by atoms with E-state index >= 15 is 0 Å². The van der Waals surface area contributed by atoms with Crippen molar-refractivity contribution in [3.05, 3.63) is 29.3 Å². The van der Waals surface area contributed by atoms with Crippen molar-refractivity contribution in [2.24, 2.45) is 10.9 Å². The van der Waals surface area contributed by atoms with Gasteiger partial charge < -0.3 is 9.47 Å². The summed E-state index contributed by atoms with van der Waals surface area (Å²) in [5.74, 6) is 2.20. The number of nitrogens with zero attached hydrogens (tertiary/aromatic N) is 1. The summed E-state index contributed by atoms with van der Waals surface area (Å²) in [6, 6.07) is 6.26. The van der Waals surface area contributed by atoms with E-state index in [2.05, 4.69) is 13.8 Å². The topological polar surface area (TPSA) is 30.8 Å². The molecule has 0 amide bonds. The Morgan fingerprint density at radius 1 is 1.50 bits per heavy atom. The Bertz CT molecular complexity index is 454. The van der Waals surface area contributed by atoms with Gasteiger partial charge >= 0.3 is 0 Å². The minimum absolute atomic E-state index is 0.288. The average Bonchev–Trinajstić information content (AvgIpc) is 2.87. The van der Waals surface area contributed by atoms with Crippen molar-refractivity contribution >= 4 is 5.90 Å². The van der Waals surface area contributed by atoms with Gasteiger partial charge in [-0.2, -0.15) is 0 Å². The van der Waals surface area contributed by atoms with E-state index in [1.54, 1.807) is 7.11 Å². The minimum atomic E-state index is 0.288. The maximum absolute atomic E-state index is 5.75. The molecule has 3 heteroatoms. The summed E-state index contributed by atoms with van der Waals surface area (Å²) in [4.78, 5) is 4.70. The van der Waals surface area contributed by atoms with Crippen molar-refractivity contribution in [1.29, 1.82) is 0 Å². The minimum Gasteiger partial charge on any atom is -0.496 e. The zero-order chi connectivity index (χ0) is 13.1. The molecular weight excluding hydrogens is 226 g/mol. The second kappa shape index (κ2) is 5.42. The summed E-state index contributed by atoms with van der Waals surface area (Å²) >= 11 is 0. The van der Waals surface area contributed by atoms with E-state index < -0.39 is 0 Å². The molecule has 18 heavy (non-hydrogen) atoms. The quantitative estimate of drug-likeness (QED) is 0.818. The van der Waals surface area contributed by atoms with Gasteiger partial charge in [0.2, 0.25) is 5.90 Å². The van der Waals surface area contributed by atoms with Crippen molar-refractivity contribution in [1.82, 2.24) is 0 Å². The molecule has 0 bridgehead atoms. The molecule has 1 heterocycles. The Balaban J connectivity index is 2.28. The Hall–Kier alpha value is -1.51. The number of aliphatic imine (C=N–C) groups is 1. The van der Waals surface area contributed by atoms with Crippen molar-refractivity contribution < 1.29 is 9.47 Å². The van der Waals surface area contributed by atoms with Crippen LogP contribution in [0.1, 0.15) is 31.4 Å². The van der Waals surface area contributed by atoms with Gasteiger partial charge in [0.1, 0.15) is 12.4 Å². The predicted octanol–water partition coefficient (Wildman–Crippen LogP) is 3.20. The van der Waals surface area contributed by atoms with Crippen molar-refractivity contribution in [2.45, 2.75) is 33.2 Å². The molecule has 1 aromatic carbocycles. The summed E-state index contributed by atoms with van der Waals surface area (Å²) in [7, 11) is 1.69. The number of methoxy groups -OCH3 is 1. The number of ether oxygens (including phenoxy) is 2. The van der Waals surface area contributed by atoms with Gasteiger partial charge in [0.25, 0.3) is 0 Å². The van der Waals surface area contributed by atoms with Crippen LogP contribution in [0.2, 0.25) is 0 Å². The lowest BCUT2D eigenvalue weighted by Crippen LogP contribution is -2.16. The highest BCUT2D eigenvalue weighted by molar-refractivity contribution is 5.97. The molecule has 98 valence electrons. The molecule has 0 unspecified atom stereocenters. The van der Waals surface area contributed by atoms with Crippen LogP contribution in [-0.2, 0) is 4.74 Å². The van der Waals surface area contributed by atoms with Crippen LogP contribution >= 0.6 is 0 Å². The lowest BCUT2D eigenvalue weighted by atomic mass is 10.0. The Labute approximate surface area is 109 Å². The van der Waals surface area contributed by atoms with Crippen LogP contribution in [0, 0.1) is 12.8 Å². The molecule has 0 saturated heterocycles. The van der Waals surface area contributed by atoms with Gasteiger partial charge in [-0.15, -0.1) is 0 Å². The van der Waals surface area contributed by atoms with Gasteiger partial charge in [0.05, 0.1) is 13.2 Å². The molecule has 0 aliphatic carbocycles. The summed E-state index contributed by atoms with van der Waals surface area (Å²) in [6.45, 7) is 7.14.